The van der Waals surface area contributed by atoms with E-state index in [4.69, 9.17) is 0 Å². The molecule has 1 heterocycles. The third kappa shape index (κ3) is 3.80. The summed E-state index contributed by atoms with van der Waals surface area (Å²) in [6, 6.07) is 2.99. The molecule has 0 bridgehead atoms. The molecule has 1 aromatic heterocycles. The molecular formula is C14H24N2S. The second kappa shape index (κ2) is 6.53. The predicted molar refractivity (Wildman–Crippen MR) is 75.5 cm³/mol. The molecule has 0 aromatic carbocycles. The Morgan fingerprint density at radius 3 is 3.06 bits per heavy atom. The highest BCUT2D eigenvalue weighted by molar-refractivity contribution is 7.07. The lowest BCUT2D eigenvalue weighted by Gasteiger charge is -2.25. The SMILES string of the molecule is CCNC1CCCC1CN(C)Cc1ccsc1. The monoisotopic (exact) mass is 252 g/mol. The number of nitrogens with one attached hydrogen (secondary N) is 1. The molecule has 3 heteroatoms. The van der Waals surface area contributed by atoms with Crippen LogP contribution < -0.4 is 5.32 Å². The number of rotatable bonds is 6. The van der Waals surface area contributed by atoms with Gasteiger partial charge < -0.3 is 10.2 Å². The summed E-state index contributed by atoms with van der Waals surface area (Å²) >= 11 is 1.79. The second-order valence-electron chi connectivity index (χ2n) is 5.18. The van der Waals surface area contributed by atoms with Crippen molar-refractivity contribution in [1.29, 1.82) is 0 Å². The van der Waals surface area contributed by atoms with Crippen molar-refractivity contribution in [2.75, 3.05) is 20.1 Å². The Morgan fingerprint density at radius 1 is 1.47 bits per heavy atom. The minimum atomic E-state index is 0.755. The van der Waals surface area contributed by atoms with Gasteiger partial charge in [-0.3, -0.25) is 0 Å². The Hall–Kier alpha value is -0.380. The average molecular weight is 252 g/mol. The first kappa shape index (κ1) is 13.1. The summed E-state index contributed by atoms with van der Waals surface area (Å²) in [4.78, 5) is 2.47. The standard InChI is InChI=1S/C14H24N2S/c1-3-15-14-6-4-5-13(14)10-16(2)9-12-7-8-17-11-12/h7-8,11,13-15H,3-6,9-10H2,1-2H3. The van der Waals surface area contributed by atoms with Gasteiger partial charge in [0.15, 0.2) is 0 Å². The summed E-state index contributed by atoms with van der Waals surface area (Å²) in [5.74, 6) is 0.846. The summed E-state index contributed by atoms with van der Waals surface area (Å²) in [6.45, 7) is 5.65. The molecular weight excluding hydrogens is 228 g/mol. The van der Waals surface area contributed by atoms with Crippen LogP contribution in [0.3, 0.4) is 0 Å². The molecule has 1 aliphatic rings. The molecule has 1 aromatic rings. The van der Waals surface area contributed by atoms with Crippen molar-refractivity contribution in [2.45, 2.75) is 38.8 Å². The fourth-order valence-corrected chi connectivity index (χ4v) is 3.61. The Morgan fingerprint density at radius 2 is 2.35 bits per heavy atom. The quantitative estimate of drug-likeness (QED) is 0.837. The largest absolute Gasteiger partial charge is 0.314 e. The van der Waals surface area contributed by atoms with Crippen molar-refractivity contribution in [3.8, 4) is 0 Å². The molecule has 17 heavy (non-hydrogen) atoms. The molecule has 0 amide bonds. The molecule has 0 saturated heterocycles. The zero-order valence-corrected chi connectivity index (χ0v) is 11.8. The molecule has 0 aliphatic heterocycles. The third-order valence-electron chi connectivity index (χ3n) is 3.70. The van der Waals surface area contributed by atoms with Crippen molar-refractivity contribution in [3.05, 3.63) is 22.4 Å². The minimum absolute atomic E-state index is 0.755. The number of hydrogen-bond acceptors (Lipinski definition) is 3. The first-order chi connectivity index (χ1) is 8.29. The van der Waals surface area contributed by atoms with Crippen LogP contribution in [0.2, 0.25) is 0 Å². The van der Waals surface area contributed by atoms with Gasteiger partial charge in [0.1, 0.15) is 0 Å². The molecule has 2 atom stereocenters. The molecule has 2 nitrogen and oxygen atoms in total. The molecule has 1 fully saturated rings. The van der Waals surface area contributed by atoms with E-state index in [1.807, 2.05) is 0 Å². The van der Waals surface area contributed by atoms with Crippen molar-refractivity contribution >= 4 is 11.3 Å². The van der Waals surface area contributed by atoms with E-state index in [0.29, 0.717) is 0 Å². The maximum absolute atomic E-state index is 3.63. The molecule has 1 saturated carbocycles. The summed E-state index contributed by atoms with van der Waals surface area (Å²) in [5, 5.41) is 8.06. The zero-order valence-electron chi connectivity index (χ0n) is 11.0. The van der Waals surface area contributed by atoms with Crippen molar-refractivity contribution in [1.82, 2.24) is 10.2 Å². The van der Waals surface area contributed by atoms with Crippen LogP contribution in [0.1, 0.15) is 31.7 Å². The van der Waals surface area contributed by atoms with Crippen LogP contribution >= 0.6 is 11.3 Å². The van der Waals surface area contributed by atoms with E-state index in [1.54, 1.807) is 11.3 Å². The lowest BCUT2D eigenvalue weighted by molar-refractivity contribution is 0.246. The van der Waals surface area contributed by atoms with Gasteiger partial charge in [0.2, 0.25) is 0 Å². The van der Waals surface area contributed by atoms with Crippen LogP contribution in [0.5, 0.6) is 0 Å². The summed E-state index contributed by atoms with van der Waals surface area (Å²) in [6.07, 6.45) is 4.16. The summed E-state index contributed by atoms with van der Waals surface area (Å²) in [5.41, 5.74) is 1.45. The summed E-state index contributed by atoms with van der Waals surface area (Å²) < 4.78 is 0. The first-order valence-electron chi connectivity index (χ1n) is 6.72. The van der Waals surface area contributed by atoms with Gasteiger partial charge in [0.25, 0.3) is 0 Å². The van der Waals surface area contributed by atoms with Crippen molar-refractivity contribution in [2.24, 2.45) is 5.92 Å². The molecule has 2 rings (SSSR count). The molecule has 0 spiro atoms. The van der Waals surface area contributed by atoms with Gasteiger partial charge in [-0.1, -0.05) is 13.3 Å². The van der Waals surface area contributed by atoms with Crippen LogP contribution in [-0.4, -0.2) is 31.1 Å². The molecule has 2 unspecified atom stereocenters. The van der Waals surface area contributed by atoms with Crippen molar-refractivity contribution < 1.29 is 0 Å². The smallest absolute Gasteiger partial charge is 0.0239 e. The van der Waals surface area contributed by atoms with E-state index in [2.05, 4.69) is 41.0 Å². The highest BCUT2D eigenvalue weighted by Crippen LogP contribution is 2.26. The highest BCUT2D eigenvalue weighted by Gasteiger charge is 2.27. The fourth-order valence-electron chi connectivity index (χ4n) is 2.95. The molecule has 96 valence electrons. The second-order valence-corrected chi connectivity index (χ2v) is 5.96. The lowest BCUT2D eigenvalue weighted by atomic mass is 10.0. The van der Waals surface area contributed by atoms with Gasteiger partial charge in [-0.05, 0) is 54.7 Å². The van der Waals surface area contributed by atoms with E-state index in [1.165, 1.54) is 31.4 Å². The van der Waals surface area contributed by atoms with E-state index >= 15 is 0 Å². The molecule has 1 aliphatic carbocycles. The first-order valence-corrected chi connectivity index (χ1v) is 7.67. The van der Waals surface area contributed by atoms with E-state index in [-0.39, 0.29) is 0 Å². The van der Waals surface area contributed by atoms with Crippen molar-refractivity contribution in [3.63, 3.8) is 0 Å². The Kier molecular flexibility index (Phi) is 5.01. The normalized spacial score (nSPS) is 24.6. The zero-order chi connectivity index (χ0) is 12.1. The maximum Gasteiger partial charge on any atom is 0.0239 e. The Bertz CT molecular complexity index is 310. The third-order valence-corrected chi connectivity index (χ3v) is 4.44. The minimum Gasteiger partial charge on any atom is -0.314 e. The lowest BCUT2D eigenvalue weighted by Crippen LogP contribution is -2.37. The van der Waals surface area contributed by atoms with Crippen LogP contribution in [-0.2, 0) is 6.54 Å². The van der Waals surface area contributed by atoms with E-state index in [9.17, 15) is 0 Å². The van der Waals surface area contributed by atoms with E-state index < -0.39 is 0 Å². The fraction of sp³-hybridized carbons (Fsp3) is 0.714. The van der Waals surface area contributed by atoms with Crippen LogP contribution in [0.4, 0.5) is 0 Å². The highest BCUT2D eigenvalue weighted by atomic mass is 32.1. The van der Waals surface area contributed by atoms with Gasteiger partial charge >= 0.3 is 0 Å². The molecule has 0 radical (unpaired) electrons. The number of nitrogens with zero attached hydrogens (tertiary/aromatic N) is 1. The predicted octanol–water partition coefficient (Wildman–Crippen LogP) is 2.96. The van der Waals surface area contributed by atoms with Gasteiger partial charge in [0.05, 0.1) is 0 Å². The van der Waals surface area contributed by atoms with Crippen LogP contribution in [0.15, 0.2) is 16.8 Å². The summed E-state index contributed by atoms with van der Waals surface area (Å²) in [7, 11) is 2.25. The number of thiophene rings is 1. The van der Waals surface area contributed by atoms with Crippen LogP contribution in [0, 0.1) is 5.92 Å². The van der Waals surface area contributed by atoms with Crippen LogP contribution in [0.25, 0.3) is 0 Å². The van der Waals surface area contributed by atoms with Gasteiger partial charge in [0, 0.05) is 19.1 Å². The van der Waals surface area contributed by atoms with E-state index in [0.717, 1.165) is 25.0 Å². The maximum atomic E-state index is 3.63. The average Bonchev–Trinajstić information content (AvgIpc) is 2.92. The Balaban J connectivity index is 1.79. The molecule has 1 N–H and O–H groups in total. The van der Waals surface area contributed by atoms with Gasteiger partial charge in [-0.25, -0.2) is 0 Å². The van der Waals surface area contributed by atoms with Gasteiger partial charge in [-0.2, -0.15) is 11.3 Å². The van der Waals surface area contributed by atoms with Gasteiger partial charge in [-0.15, -0.1) is 0 Å². The Labute approximate surface area is 109 Å². The topological polar surface area (TPSA) is 15.3 Å². The number of hydrogen-bond donors (Lipinski definition) is 1.